The van der Waals surface area contributed by atoms with Gasteiger partial charge in [0.1, 0.15) is 5.69 Å². The van der Waals surface area contributed by atoms with Gasteiger partial charge in [-0.25, -0.2) is 4.98 Å². The van der Waals surface area contributed by atoms with Crippen molar-refractivity contribution in [1.82, 2.24) is 15.0 Å². The van der Waals surface area contributed by atoms with Gasteiger partial charge in [-0.15, -0.1) is 0 Å². The molecule has 21 heavy (non-hydrogen) atoms. The number of rotatable bonds is 3. The second-order valence-corrected chi connectivity index (χ2v) is 5.20. The number of aromatic hydroxyl groups is 1. The van der Waals surface area contributed by atoms with E-state index in [1.807, 2.05) is 0 Å². The molecule has 110 valence electrons. The SMILES string of the molecule is COc1cccc(-c2nc(O)c(C3CCCC3)c(=O)[nH]2)n1. The average molecular weight is 287 g/mol. The lowest BCUT2D eigenvalue weighted by Crippen LogP contribution is -2.17. The lowest BCUT2D eigenvalue weighted by Gasteiger charge is -2.11. The Morgan fingerprint density at radius 1 is 1.29 bits per heavy atom. The van der Waals surface area contributed by atoms with Gasteiger partial charge < -0.3 is 14.8 Å². The van der Waals surface area contributed by atoms with Crippen LogP contribution in [0.15, 0.2) is 23.0 Å². The monoisotopic (exact) mass is 287 g/mol. The van der Waals surface area contributed by atoms with Gasteiger partial charge in [0.2, 0.25) is 11.8 Å². The number of hydrogen-bond acceptors (Lipinski definition) is 5. The first-order chi connectivity index (χ1) is 10.2. The van der Waals surface area contributed by atoms with Crippen molar-refractivity contribution in [2.24, 2.45) is 0 Å². The van der Waals surface area contributed by atoms with Crippen LogP contribution in [-0.4, -0.2) is 27.2 Å². The van der Waals surface area contributed by atoms with Crippen molar-refractivity contribution >= 4 is 0 Å². The van der Waals surface area contributed by atoms with Crippen LogP contribution < -0.4 is 10.3 Å². The Morgan fingerprint density at radius 2 is 2.05 bits per heavy atom. The molecule has 0 saturated heterocycles. The Morgan fingerprint density at radius 3 is 2.71 bits per heavy atom. The summed E-state index contributed by atoms with van der Waals surface area (Å²) in [5.74, 6) is 0.589. The second kappa shape index (κ2) is 5.55. The van der Waals surface area contributed by atoms with Crippen LogP contribution in [0, 0.1) is 0 Å². The average Bonchev–Trinajstić information content (AvgIpc) is 3.00. The van der Waals surface area contributed by atoms with E-state index >= 15 is 0 Å². The van der Waals surface area contributed by atoms with Crippen LogP contribution in [0.5, 0.6) is 11.8 Å². The number of ether oxygens (including phenoxy) is 1. The van der Waals surface area contributed by atoms with Crippen LogP contribution in [-0.2, 0) is 0 Å². The molecule has 1 aliphatic carbocycles. The van der Waals surface area contributed by atoms with Crippen molar-refractivity contribution < 1.29 is 9.84 Å². The van der Waals surface area contributed by atoms with E-state index in [-0.39, 0.29) is 23.2 Å². The minimum atomic E-state index is -0.283. The molecule has 0 unspecified atom stereocenters. The van der Waals surface area contributed by atoms with Crippen molar-refractivity contribution in [2.45, 2.75) is 31.6 Å². The van der Waals surface area contributed by atoms with Crippen LogP contribution in [0.4, 0.5) is 0 Å². The molecule has 0 amide bonds. The second-order valence-electron chi connectivity index (χ2n) is 5.20. The van der Waals surface area contributed by atoms with Gasteiger partial charge in [0.15, 0.2) is 5.82 Å². The molecule has 6 nitrogen and oxygen atoms in total. The molecule has 0 bridgehead atoms. The molecule has 0 atom stereocenters. The normalized spacial score (nSPS) is 15.3. The van der Waals surface area contributed by atoms with Crippen LogP contribution >= 0.6 is 0 Å². The maximum Gasteiger partial charge on any atom is 0.258 e. The molecule has 2 N–H and O–H groups in total. The predicted octanol–water partition coefficient (Wildman–Crippen LogP) is 2.20. The summed E-state index contributed by atoms with van der Waals surface area (Å²) in [6, 6.07) is 5.16. The van der Waals surface area contributed by atoms with E-state index in [0.29, 0.717) is 17.1 Å². The first kappa shape index (κ1) is 13.6. The molecule has 2 aromatic heterocycles. The van der Waals surface area contributed by atoms with Gasteiger partial charge in [0.25, 0.3) is 5.56 Å². The number of nitrogens with zero attached hydrogens (tertiary/aromatic N) is 2. The smallest absolute Gasteiger partial charge is 0.258 e. The van der Waals surface area contributed by atoms with Gasteiger partial charge in [-0.3, -0.25) is 4.79 Å². The van der Waals surface area contributed by atoms with E-state index in [1.54, 1.807) is 18.2 Å². The molecule has 6 heteroatoms. The minimum Gasteiger partial charge on any atom is -0.493 e. The molecule has 2 heterocycles. The third-order valence-electron chi connectivity index (χ3n) is 3.87. The summed E-state index contributed by atoms with van der Waals surface area (Å²) in [7, 11) is 1.52. The lowest BCUT2D eigenvalue weighted by molar-refractivity contribution is 0.398. The zero-order valence-corrected chi connectivity index (χ0v) is 11.8. The molecule has 1 fully saturated rings. The highest BCUT2D eigenvalue weighted by Gasteiger charge is 2.24. The molecule has 1 saturated carbocycles. The van der Waals surface area contributed by atoms with Crippen LogP contribution in [0.1, 0.15) is 37.2 Å². The highest BCUT2D eigenvalue weighted by Crippen LogP contribution is 2.35. The fourth-order valence-corrected chi connectivity index (χ4v) is 2.83. The largest absolute Gasteiger partial charge is 0.493 e. The summed E-state index contributed by atoms with van der Waals surface area (Å²) in [5, 5.41) is 10.1. The molecule has 3 rings (SSSR count). The summed E-state index contributed by atoms with van der Waals surface area (Å²) >= 11 is 0. The highest BCUT2D eigenvalue weighted by atomic mass is 16.5. The zero-order valence-electron chi connectivity index (χ0n) is 11.8. The summed E-state index contributed by atoms with van der Waals surface area (Å²) in [6.45, 7) is 0. The Labute approximate surface area is 121 Å². The van der Waals surface area contributed by atoms with Gasteiger partial charge in [-0.1, -0.05) is 18.9 Å². The number of hydrogen-bond donors (Lipinski definition) is 2. The van der Waals surface area contributed by atoms with Gasteiger partial charge in [0.05, 0.1) is 12.7 Å². The van der Waals surface area contributed by atoms with E-state index in [4.69, 9.17) is 4.74 Å². The zero-order chi connectivity index (χ0) is 14.8. The molecule has 0 radical (unpaired) electrons. The Kier molecular flexibility index (Phi) is 3.60. The molecular weight excluding hydrogens is 270 g/mol. The van der Waals surface area contributed by atoms with E-state index in [1.165, 1.54) is 7.11 Å². The number of nitrogens with one attached hydrogen (secondary N) is 1. The Hall–Kier alpha value is -2.37. The first-order valence-corrected chi connectivity index (χ1v) is 7.03. The quantitative estimate of drug-likeness (QED) is 0.903. The highest BCUT2D eigenvalue weighted by molar-refractivity contribution is 5.51. The van der Waals surface area contributed by atoms with E-state index in [2.05, 4.69) is 15.0 Å². The van der Waals surface area contributed by atoms with E-state index < -0.39 is 0 Å². The molecular formula is C15H17N3O3. The first-order valence-electron chi connectivity index (χ1n) is 7.03. The van der Waals surface area contributed by atoms with Crippen LogP contribution in [0.2, 0.25) is 0 Å². The molecule has 2 aromatic rings. The topological polar surface area (TPSA) is 88.1 Å². The third kappa shape index (κ3) is 2.61. The molecule has 0 spiro atoms. The van der Waals surface area contributed by atoms with E-state index in [0.717, 1.165) is 25.7 Å². The fourth-order valence-electron chi connectivity index (χ4n) is 2.83. The summed E-state index contributed by atoms with van der Waals surface area (Å²) < 4.78 is 5.05. The fraction of sp³-hybridized carbons (Fsp3) is 0.400. The maximum absolute atomic E-state index is 12.3. The lowest BCUT2D eigenvalue weighted by atomic mass is 10.00. The summed E-state index contributed by atoms with van der Waals surface area (Å²) in [6.07, 6.45) is 4.02. The molecule has 1 aliphatic rings. The summed E-state index contributed by atoms with van der Waals surface area (Å²) in [4.78, 5) is 23.3. The van der Waals surface area contributed by atoms with Gasteiger partial charge >= 0.3 is 0 Å². The Balaban J connectivity index is 2.03. The molecule has 0 aliphatic heterocycles. The predicted molar refractivity (Wildman–Crippen MR) is 77.5 cm³/mol. The maximum atomic E-state index is 12.3. The molecule has 0 aromatic carbocycles. The van der Waals surface area contributed by atoms with Gasteiger partial charge in [-0.2, -0.15) is 4.98 Å². The standard InChI is InChI=1S/C15H17N3O3/c1-21-11-8-4-7-10(16-11)13-17-14(19)12(15(20)18-13)9-5-2-3-6-9/h4,7-9H,2-3,5-6H2,1H3,(H2,17,18,19,20). The van der Waals surface area contributed by atoms with Crippen molar-refractivity contribution in [2.75, 3.05) is 7.11 Å². The third-order valence-corrected chi connectivity index (χ3v) is 3.87. The van der Waals surface area contributed by atoms with Gasteiger partial charge in [-0.05, 0) is 24.8 Å². The van der Waals surface area contributed by atoms with E-state index in [9.17, 15) is 9.90 Å². The van der Waals surface area contributed by atoms with Crippen LogP contribution in [0.25, 0.3) is 11.5 Å². The number of aromatic nitrogens is 3. The minimum absolute atomic E-state index is 0.105. The van der Waals surface area contributed by atoms with Crippen molar-refractivity contribution in [3.05, 3.63) is 34.1 Å². The Bertz CT molecular complexity index is 706. The van der Waals surface area contributed by atoms with Crippen molar-refractivity contribution in [3.63, 3.8) is 0 Å². The number of H-pyrrole nitrogens is 1. The number of methoxy groups -OCH3 is 1. The summed E-state index contributed by atoms with van der Waals surface area (Å²) in [5.41, 5.74) is 0.577. The number of aromatic amines is 1. The van der Waals surface area contributed by atoms with Gasteiger partial charge in [0, 0.05) is 6.07 Å². The van der Waals surface area contributed by atoms with Crippen molar-refractivity contribution in [3.8, 4) is 23.3 Å². The van der Waals surface area contributed by atoms with Crippen molar-refractivity contribution in [1.29, 1.82) is 0 Å². The number of pyridine rings is 1. The van der Waals surface area contributed by atoms with Crippen LogP contribution in [0.3, 0.4) is 0 Å².